The number of epoxide rings is 1. The van der Waals surface area contributed by atoms with Crippen molar-refractivity contribution in [1.29, 1.82) is 0 Å². The zero-order valence-electron chi connectivity index (χ0n) is 57.1. The van der Waals surface area contributed by atoms with Crippen LogP contribution in [0.25, 0.3) is 0 Å². The summed E-state index contributed by atoms with van der Waals surface area (Å²) in [6.45, 7) is 31.3. The first-order chi connectivity index (χ1) is 40.7. The number of benzene rings is 2. The number of hydrogen-bond donors (Lipinski definition) is 0. The average molecular weight is 1530 g/mol. The van der Waals surface area contributed by atoms with Crippen LogP contribution in [0.2, 0.25) is 77.1 Å². The summed E-state index contributed by atoms with van der Waals surface area (Å²) < 4.78 is 87.2. The zero-order valence-corrected chi connectivity index (χ0v) is 70.8. The topological polar surface area (TPSA) is 194 Å². The van der Waals surface area contributed by atoms with Crippen LogP contribution in [-0.4, -0.2) is 210 Å². The SMILES string of the molecule is C=C(C)C(=O)OCCC[Si](C)(OC)OC.C=CC(=O)OCCC[Si](C)(OC)OC.C=C[Si](C)(OC)OC.CO[SiH](C)OC.CO[Si](C)(C)OC.CO[Si](C)(CCC1CO1)OC.CO[Si](C)(OC)c1ccccc1.C[Si](Cl)(Cl)Cl.Cl[Si](Cl)(Cl)c1ccccc1. The highest BCUT2D eigenvalue weighted by Gasteiger charge is 2.34. The van der Waals surface area contributed by atoms with Crippen molar-refractivity contribution >= 4 is 161 Å². The predicted molar refractivity (Wildman–Crippen MR) is 386 cm³/mol. The van der Waals surface area contributed by atoms with Crippen molar-refractivity contribution < 1.29 is 85.8 Å². The lowest BCUT2D eigenvalue weighted by atomic mass is 10.4. The predicted octanol–water partition coefficient (Wildman–Crippen LogP) is 12.7. The minimum absolute atomic E-state index is 0.340. The Balaban J connectivity index is -0.000000219. The van der Waals surface area contributed by atoms with Gasteiger partial charge in [-0.25, -0.2) is 9.59 Å². The van der Waals surface area contributed by atoms with Crippen molar-refractivity contribution in [2.75, 3.05) is 119 Å². The Kier molecular flexibility index (Phi) is 62.8. The third-order valence-electron chi connectivity index (χ3n) is 12.5. The van der Waals surface area contributed by atoms with Gasteiger partial charge in [0.15, 0.2) is 0 Å². The number of hydrogen-bond acceptors (Lipinski definition) is 19. The molecule has 1 aliphatic rings. The standard InChI is InChI=1S/C10H20O4Si.C9H18O4Si.C9H14O2Si.C7H16O3Si.C6H5Cl3Si.C5H12O2Si.C4H12O2Si.C3H10O2Si.CH3Cl3Si/c1-9(2)10(11)14-7-6-8-15(5,12-3)13-4;1-5-9(10)13-7-6-8-14(4,11-2)12-3;1-10-12(3,11-2)9-7-5-4-6-8-9;1-8-11(3,9-2)5-4-7-6-10-7;7-10(8,9)6-4-2-1-3-5-6;1-5-8(4,6-2)7-3;1-5-7(3,4)6-2;1-4-6(3)5-2;1-5(2,3)4/h1,6-8H2,2-5H3;5H,1,6-8H2,2-4H3;4-8H,1-3H3;7H,4-6H2,1-3H3;1-5H;5H,1H2,2-4H3;1-4H3;6H,1-3H3;1H3. The molecule has 0 aliphatic carbocycles. The molecule has 1 heterocycles. The van der Waals surface area contributed by atoms with Gasteiger partial charge in [0.2, 0.25) is 0 Å². The highest BCUT2D eigenvalue weighted by molar-refractivity contribution is 7.69. The normalized spacial score (nSPS) is 12.9. The van der Waals surface area contributed by atoms with Crippen LogP contribution in [0.4, 0.5) is 0 Å². The molecule has 518 valence electrons. The van der Waals surface area contributed by atoms with E-state index >= 15 is 0 Å². The Morgan fingerprint density at radius 3 is 1.10 bits per heavy atom. The van der Waals surface area contributed by atoms with Crippen LogP contribution in [0.15, 0.2) is 97.7 Å². The highest BCUT2D eigenvalue weighted by Crippen LogP contribution is 2.23. The van der Waals surface area contributed by atoms with Gasteiger partial charge in [0.05, 0.1) is 25.9 Å². The smallest absolute Gasteiger partial charge is 0.372 e. The van der Waals surface area contributed by atoms with E-state index in [9.17, 15) is 9.59 Å². The molecule has 34 heteroatoms. The van der Waals surface area contributed by atoms with Gasteiger partial charge in [-0.3, -0.25) is 0 Å². The summed E-state index contributed by atoms with van der Waals surface area (Å²) in [7, 11) is 10.8. The maximum Gasteiger partial charge on any atom is 0.372 e. The first kappa shape index (κ1) is 98.8. The summed E-state index contributed by atoms with van der Waals surface area (Å²) in [5, 5.41) is 2.00. The number of carbonyl (C=O) groups is 2. The summed E-state index contributed by atoms with van der Waals surface area (Å²) >= 11 is 32.8. The summed E-state index contributed by atoms with van der Waals surface area (Å²) in [5.41, 5.74) is 2.17. The van der Waals surface area contributed by atoms with Crippen LogP contribution in [0.3, 0.4) is 0 Å². The van der Waals surface area contributed by atoms with Crippen molar-refractivity contribution in [1.82, 2.24) is 0 Å². The van der Waals surface area contributed by atoms with Gasteiger partial charge in [0, 0.05) is 111 Å². The van der Waals surface area contributed by atoms with Crippen molar-refractivity contribution in [2.24, 2.45) is 0 Å². The molecular formula is C54H110Cl6O19Si9. The van der Waals surface area contributed by atoms with E-state index in [2.05, 4.69) is 26.3 Å². The van der Waals surface area contributed by atoms with Crippen LogP contribution in [0.1, 0.15) is 26.2 Å². The first-order valence-corrected chi connectivity index (χ1v) is 55.2. The van der Waals surface area contributed by atoms with Gasteiger partial charge in [-0.05, 0) is 119 Å². The van der Waals surface area contributed by atoms with Crippen LogP contribution >= 0.6 is 66.5 Å². The van der Waals surface area contributed by atoms with E-state index in [4.69, 9.17) is 143 Å². The maximum atomic E-state index is 11.0. The molecular weight excluding hydrogens is 1420 g/mol. The van der Waals surface area contributed by atoms with E-state index in [1.54, 1.807) is 119 Å². The van der Waals surface area contributed by atoms with Gasteiger partial charge in [-0.2, -0.15) is 0 Å². The first-order valence-electron chi connectivity index (χ1n) is 27.5. The highest BCUT2D eigenvalue weighted by atomic mass is 35.8. The van der Waals surface area contributed by atoms with E-state index in [0.29, 0.717) is 24.9 Å². The van der Waals surface area contributed by atoms with Crippen molar-refractivity contribution in [2.45, 2.75) is 109 Å². The van der Waals surface area contributed by atoms with Gasteiger partial charge in [0.25, 0.3) is 0 Å². The minimum Gasteiger partial charge on any atom is -0.463 e. The molecule has 0 radical (unpaired) electrons. The van der Waals surface area contributed by atoms with Crippen molar-refractivity contribution in [3.8, 4) is 0 Å². The molecule has 1 atom stereocenters. The molecule has 2 aromatic carbocycles. The molecule has 2 aromatic rings. The van der Waals surface area contributed by atoms with Crippen molar-refractivity contribution in [3.63, 3.8) is 0 Å². The fourth-order valence-corrected chi connectivity index (χ4v) is 13.1. The molecule has 0 aromatic heterocycles. The fraction of sp³-hybridized carbons (Fsp3) is 0.630. The molecule has 0 bridgehead atoms. The molecule has 1 unspecified atom stereocenters. The lowest BCUT2D eigenvalue weighted by Crippen LogP contribution is -2.49. The maximum absolute atomic E-state index is 11.0. The molecule has 88 heavy (non-hydrogen) atoms. The Hall–Kier alpha value is -0.308. The molecule has 1 aliphatic heterocycles. The van der Waals surface area contributed by atoms with E-state index in [1.165, 1.54) is 0 Å². The second-order valence-electron chi connectivity index (χ2n) is 19.5. The second-order valence-corrected chi connectivity index (χ2v) is 61.0. The second kappa shape index (κ2) is 55.9. The van der Waals surface area contributed by atoms with Crippen molar-refractivity contribution in [3.05, 3.63) is 97.7 Å². The number of esters is 2. The Morgan fingerprint density at radius 2 is 0.886 bits per heavy atom. The van der Waals surface area contributed by atoms with Gasteiger partial charge in [0.1, 0.15) is 0 Å². The number of rotatable bonds is 30. The van der Waals surface area contributed by atoms with Crippen LogP contribution in [0.5, 0.6) is 0 Å². The van der Waals surface area contributed by atoms with E-state index < -0.39 is 72.7 Å². The number of halogens is 6. The molecule has 0 spiro atoms. The Bertz CT molecular complexity index is 2010. The van der Waals surface area contributed by atoms with Crippen LogP contribution < -0.4 is 10.4 Å². The quantitative estimate of drug-likeness (QED) is 0.0179. The zero-order chi connectivity index (χ0) is 69.9. The Morgan fingerprint density at radius 1 is 0.545 bits per heavy atom. The molecule has 1 saturated heterocycles. The van der Waals surface area contributed by atoms with E-state index in [0.717, 1.165) is 60.5 Å². The number of carbonyl (C=O) groups excluding carboxylic acids is 2. The molecule has 3 rings (SSSR count). The molecule has 0 N–H and O–H groups in total. The lowest BCUT2D eigenvalue weighted by Gasteiger charge is -2.22. The number of ether oxygens (including phenoxy) is 3. The summed E-state index contributed by atoms with van der Waals surface area (Å²) in [6, 6.07) is 17.2. The van der Waals surface area contributed by atoms with Crippen LogP contribution in [-0.2, 0) is 85.8 Å². The Labute approximate surface area is 569 Å². The van der Waals surface area contributed by atoms with E-state index in [1.807, 2.05) is 106 Å². The van der Waals surface area contributed by atoms with Gasteiger partial charge in [-0.1, -0.05) is 73.8 Å². The van der Waals surface area contributed by atoms with E-state index in [-0.39, 0.29) is 11.9 Å². The largest absolute Gasteiger partial charge is 0.463 e. The molecule has 19 nitrogen and oxygen atoms in total. The van der Waals surface area contributed by atoms with Gasteiger partial charge >= 0.3 is 84.6 Å². The monoisotopic (exact) mass is 1520 g/mol. The van der Waals surface area contributed by atoms with Gasteiger partial charge < -0.3 is 76.2 Å². The molecule has 1 fully saturated rings. The molecule has 0 saturated carbocycles. The lowest BCUT2D eigenvalue weighted by molar-refractivity contribution is -0.139. The van der Waals surface area contributed by atoms with Crippen LogP contribution in [0, 0.1) is 0 Å². The summed E-state index contributed by atoms with van der Waals surface area (Å²) in [5.74, 6) is -0.726. The average Bonchev–Trinajstić information content (AvgIpc) is 4.48. The fourth-order valence-electron chi connectivity index (χ4n) is 4.94. The minimum atomic E-state index is -2.62. The van der Waals surface area contributed by atoms with Gasteiger partial charge in [-0.15, -0.1) is 73.1 Å². The summed E-state index contributed by atoms with van der Waals surface area (Å²) in [4.78, 5) is 21.7. The third kappa shape index (κ3) is 59.4. The summed E-state index contributed by atoms with van der Waals surface area (Å²) in [6.07, 6.45) is 4.24. The molecule has 0 amide bonds. The third-order valence-corrected chi connectivity index (χ3v) is 32.9.